The monoisotopic (exact) mass is 950 g/mol. The van der Waals surface area contributed by atoms with Gasteiger partial charge in [-0.3, -0.25) is 9.59 Å². The number of nitrogens with one attached hydrogen (secondary N) is 1. The number of carbonyl (C=O) groups is 2. The molecule has 0 aliphatic rings. The molecule has 0 aromatic rings. The lowest BCUT2D eigenvalue weighted by atomic mass is 10.0. The molecule has 0 bridgehead atoms. The first-order valence-electron chi connectivity index (χ1n) is 29.2. The number of ether oxygens (including phenoxy) is 1. The van der Waals surface area contributed by atoms with E-state index in [0.717, 1.165) is 89.9 Å². The van der Waals surface area contributed by atoms with Crippen molar-refractivity contribution in [2.24, 2.45) is 0 Å². The Balaban J connectivity index is 4.66. The largest absolute Gasteiger partial charge is 0.462 e. The van der Waals surface area contributed by atoms with Crippen LogP contribution in [0.5, 0.6) is 0 Å². The Kier molecular flexibility index (Phi) is 53.0. The van der Waals surface area contributed by atoms with E-state index in [1.54, 1.807) is 0 Å². The fraction of sp³-hybridized carbons (Fsp3) is 0.774. The summed E-state index contributed by atoms with van der Waals surface area (Å²) in [4.78, 5) is 26.3. The second-order valence-electron chi connectivity index (χ2n) is 19.8. The van der Waals surface area contributed by atoms with Crippen LogP contribution in [0.4, 0.5) is 0 Å². The molecule has 0 rings (SSSR count). The molecule has 0 aromatic carbocycles. The van der Waals surface area contributed by atoms with Gasteiger partial charge in [0.2, 0.25) is 5.91 Å². The number of allylic oxidation sites excluding steroid dienone is 12. The summed E-state index contributed by atoms with van der Waals surface area (Å²) in [5.74, 6) is -0.525. The molecule has 0 saturated heterocycles. The predicted molar refractivity (Wildman–Crippen MR) is 296 cm³/mol. The summed E-state index contributed by atoms with van der Waals surface area (Å²) in [6, 6.07) is -0.722. The van der Waals surface area contributed by atoms with Crippen molar-refractivity contribution in [2.75, 3.05) is 6.61 Å². The number of carbonyl (C=O) groups excluding carboxylic acids is 2. The quantitative estimate of drug-likeness (QED) is 0.0321. The van der Waals surface area contributed by atoms with Crippen LogP contribution < -0.4 is 5.32 Å². The Hall–Kier alpha value is -2.70. The molecule has 0 heterocycles. The summed E-state index contributed by atoms with van der Waals surface area (Å²) in [5, 5.41) is 23.9. The van der Waals surface area contributed by atoms with Gasteiger partial charge in [0.15, 0.2) is 0 Å². The Morgan fingerprint density at radius 3 is 1.19 bits per heavy atom. The Morgan fingerprint density at radius 2 is 0.750 bits per heavy atom. The van der Waals surface area contributed by atoms with Crippen LogP contribution in [0.3, 0.4) is 0 Å². The topological polar surface area (TPSA) is 95.9 Å². The van der Waals surface area contributed by atoms with Crippen LogP contribution in [0.15, 0.2) is 72.9 Å². The summed E-state index contributed by atoms with van der Waals surface area (Å²) >= 11 is 0. The van der Waals surface area contributed by atoms with Crippen LogP contribution in [0.1, 0.15) is 284 Å². The molecule has 1 amide bonds. The molecular weight excluding hydrogens is 839 g/mol. The molecule has 6 nitrogen and oxygen atoms in total. The van der Waals surface area contributed by atoms with E-state index in [2.05, 4.69) is 99.0 Å². The maximum Gasteiger partial charge on any atom is 0.306 e. The summed E-state index contributed by atoms with van der Waals surface area (Å²) in [7, 11) is 0. The molecule has 394 valence electrons. The first-order valence-corrected chi connectivity index (χ1v) is 29.2. The minimum Gasteiger partial charge on any atom is -0.462 e. The first kappa shape index (κ1) is 65.3. The average molecular weight is 951 g/mol. The summed E-state index contributed by atoms with van der Waals surface area (Å²) < 4.78 is 5.94. The zero-order valence-corrected chi connectivity index (χ0v) is 45.0. The van der Waals surface area contributed by atoms with Gasteiger partial charge in [-0.15, -0.1) is 0 Å². The van der Waals surface area contributed by atoms with Crippen LogP contribution in [0.2, 0.25) is 0 Å². The van der Waals surface area contributed by atoms with Crippen molar-refractivity contribution in [1.29, 1.82) is 0 Å². The average Bonchev–Trinajstić information content (AvgIpc) is 3.33. The van der Waals surface area contributed by atoms with Crippen LogP contribution >= 0.6 is 0 Å². The standard InChI is InChI=1S/C62H111NO5/c1-4-7-10-13-16-19-22-25-28-30-31-34-37-40-43-46-49-52-55-62(67)68-58(53-50-47-44-41-38-35-33-29-26-23-20-17-14-11-8-5-2)56-61(66)63-59(57-64)60(65)54-51-48-45-42-39-36-32-27-24-21-18-15-12-9-6-3/h17,20,23,26,28-31,33-35,38,58-60,64-65H,4-16,18-19,21-22,24-25,27,32,36-37,39-57H2,1-3H3,(H,63,66)/b20-17+,26-23+,30-28+,33-29+,34-31+,38-35+. The number of amides is 1. The molecule has 0 spiro atoms. The maximum atomic E-state index is 13.3. The van der Waals surface area contributed by atoms with Crippen molar-refractivity contribution in [1.82, 2.24) is 5.32 Å². The Bertz CT molecular complexity index is 1250. The highest BCUT2D eigenvalue weighted by Crippen LogP contribution is 2.18. The lowest BCUT2D eigenvalue weighted by molar-refractivity contribution is -0.151. The lowest BCUT2D eigenvalue weighted by Gasteiger charge is -2.24. The molecule has 0 aromatic heterocycles. The second-order valence-corrected chi connectivity index (χ2v) is 19.8. The molecule has 3 unspecified atom stereocenters. The zero-order valence-electron chi connectivity index (χ0n) is 45.0. The van der Waals surface area contributed by atoms with E-state index >= 15 is 0 Å². The van der Waals surface area contributed by atoms with Crippen molar-refractivity contribution in [3.63, 3.8) is 0 Å². The van der Waals surface area contributed by atoms with Gasteiger partial charge in [0.05, 0.1) is 25.2 Å². The molecule has 6 heteroatoms. The van der Waals surface area contributed by atoms with E-state index in [9.17, 15) is 19.8 Å². The minimum absolute atomic E-state index is 0.0435. The normalized spacial score (nSPS) is 13.7. The molecule has 0 saturated carbocycles. The predicted octanol–water partition coefficient (Wildman–Crippen LogP) is 18.1. The van der Waals surface area contributed by atoms with E-state index < -0.39 is 18.2 Å². The van der Waals surface area contributed by atoms with Gasteiger partial charge < -0.3 is 20.3 Å². The third-order valence-corrected chi connectivity index (χ3v) is 13.1. The third kappa shape index (κ3) is 49.7. The molecule has 0 radical (unpaired) electrons. The van der Waals surface area contributed by atoms with Crippen LogP contribution in [-0.2, 0) is 14.3 Å². The molecule has 3 atom stereocenters. The van der Waals surface area contributed by atoms with Gasteiger partial charge >= 0.3 is 5.97 Å². The van der Waals surface area contributed by atoms with Crippen molar-refractivity contribution in [3.8, 4) is 0 Å². The van der Waals surface area contributed by atoms with Gasteiger partial charge in [0.1, 0.15) is 6.10 Å². The number of aliphatic hydroxyl groups is 2. The van der Waals surface area contributed by atoms with Crippen molar-refractivity contribution in [2.45, 2.75) is 302 Å². The number of hydrogen-bond donors (Lipinski definition) is 3. The van der Waals surface area contributed by atoms with E-state index in [4.69, 9.17) is 4.74 Å². The highest BCUT2D eigenvalue weighted by molar-refractivity contribution is 5.77. The van der Waals surface area contributed by atoms with Gasteiger partial charge in [-0.1, -0.05) is 267 Å². The van der Waals surface area contributed by atoms with E-state index in [0.29, 0.717) is 19.3 Å². The fourth-order valence-electron chi connectivity index (χ4n) is 8.67. The third-order valence-electron chi connectivity index (χ3n) is 13.1. The van der Waals surface area contributed by atoms with E-state index in [1.807, 2.05) is 0 Å². The van der Waals surface area contributed by atoms with Crippen molar-refractivity contribution in [3.05, 3.63) is 72.9 Å². The van der Waals surface area contributed by atoms with Crippen LogP contribution in [0.25, 0.3) is 0 Å². The molecule has 3 N–H and O–H groups in total. The van der Waals surface area contributed by atoms with E-state index in [1.165, 1.54) is 148 Å². The van der Waals surface area contributed by atoms with Gasteiger partial charge in [0, 0.05) is 6.42 Å². The van der Waals surface area contributed by atoms with Crippen LogP contribution in [0, 0.1) is 0 Å². The Labute approximate surface area is 421 Å². The number of unbranched alkanes of at least 4 members (excludes halogenated alkanes) is 32. The van der Waals surface area contributed by atoms with Crippen molar-refractivity contribution < 1.29 is 24.5 Å². The highest BCUT2D eigenvalue weighted by Gasteiger charge is 2.24. The molecule has 0 fully saturated rings. The smallest absolute Gasteiger partial charge is 0.306 e. The summed E-state index contributed by atoms with van der Waals surface area (Å²) in [6.45, 7) is 6.45. The van der Waals surface area contributed by atoms with Gasteiger partial charge in [-0.05, 0) is 77.0 Å². The summed E-state index contributed by atoms with van der Waals surface area (Å²) in [6.07, 6.45) is 71.0. The van der Waals surface area contributed by atoms with Gasteiger partial charge in [-0.2, -0.15) is 0 Å². The number of esters is 1. The molecular formula is C62H111NO5. The minimum atomic E-state index is -0.805. The lowest BCUT2D eigenvalue weighted by Crippen LogP contribution is -2.46. The number of aliphatic hydroxyl groups excluding tert-OH is 2. The number of hydrogen-bond acceptors (Lipinski definition) is 5. The Morgan fingerprint density at radius 1 is 0.426 bits per heavy atom. The highest BCUT2D eigenvalue weighted by atomic mass is 16.5. The second kappa shape index (κ2) is 55.2. The first-order chi connectivity index (χ1) is 33.5. The fourth-order valence-corrected chi connectivity index (χ4v) is 8.67. The van der Waals surface area contributed by atoms with Crippen molar-refractivity contribution >= 4 is 11.9 Å². The SMILES string of the molecule is CCCCC/C=C/C=C/C=C/C=C/CCCCCC(CC(=O)NC(CO)C(O)CCCCCCCCCCCCCCCCC)OC(=O)CCCCCCC/C=C/C=C/CCCCCCCCC. The van der Waals surface area contributed by atoms with Crippen LogP contribution in [-0.4, -0.2) is 46.9 Å². The summed E-state index contributed by atoms with van der Waals surface area (Å²) in [5.41, 5.74) is 0. The van der Waals surface area contributed by atoms with E-state index in [-0.39, 0.29) is 24.9 Å². The van der Waals surface area contributed by atoms with Gasteiger partial charge in [0.25, 0.3) is 0 Å². The molecule has 0 aliphatic heterocycles. The molecule has 68 heavy (non-hydrogen) atoms. The maximum absolute atomic E-state index is 13.3. The van der Waals surface area contributed by atoms with Gasteiger partial charge in [-0.25, -0.2) is 0 Å². The number of rotatable bonds is 52. The zero-order chi connectivity index (χ0) is 49.5. The molecule has 0 aliphatic carbocycles.